The Morgan fingerprint density at radius 1 is 1.22 bits per heavy atom. The lowest BCUT2D eigenvalue weighted by molar-refractivity contribution is 0.00951. The zero-order valence-electron chi connectivity index (χ0n) is 14.2. The van der Waals surface area contributed by atoms with Gasteiger partial charge in [0.1, 0.15) is 0 Å². The first-order valence-electron chi connectivity index (χ1n) is 9.09. The summed E-state index contributed by atoms with van der Waals surface area (Å²) in [5.41, 5.74) is 3.05. The van der Waals surface area contributed by atoms with Gasteiger partial charge in [0.25, 0.3) is 0 Å². The van der Waals surface area contributed by atoms with Crippen molar-refractivity contribution in [3.05, 3.63) is 23.3 Å². The Hall–Kier alpha value is -1.22. The van der Waals surface area contributed by atoms with Crippen LogP contribution in [0.2, 0.25) is 0 Å². The van der Waals surface area contributed by atoms with Gasteiger partial charge in [-0.25, -0.2) is 0 Å². The molecule has 3 nitrogen and oxygen atoms in total. The van der Waals surface area contributed by atoms with Crippen LogP contribution in [0.15, 0.2) is 12.1 Å². The third-order valence-electron chi connectivity index (χ3n) is 7.44. The number of phenols is 1. The lowest BCUT2D eigenvalue weighted by Gasteiger charge is -2.51. The summed E-state index contributed by atoms with van der Waals surface area (Å²) >= 11 is 0. The van der Waals surface area contributed by atoms with Gasteiger partial charge in [0, 0.05) is 6.61 Å². The lowest BCUT2D eigenvalue weighted by Crippen LogP contribution is -2.43. The van der Waals surface area contributed by atoms with Gasteiger partial charge in [0.2, 0.25) is 0 Å². The van der Waals surface area contributed by atoms with Crippen molar-refractivity contribution in [1.29, 1.82) is 0 Å². The fourth-order valence-corrected chi connectivity index (χ4v) is 6.16. The fourth-order valence-electron chi connectivity index (χ4n) is 6.16. The minimum Gasteiger partial charge on any atom is -0.504 e. The summed E-state index contributed by atoms with van der Waals surface area (Å²) in [4.78, 5) is 0. The normalized spacial score (nSPS) is 38.6. The molecule has 126 valence electrons. The van der Waals surface area contributed by atoms with Crippen LogP contribution >= 0.6 is 0 Å². The molecule has 2 saturated carbocycles. The highest BCUT2D eigenvalue weighted by Gasteiger charge is 2.54. The van der Waals surface area contributed by atoms with Crippen molar-refractivity contribution in [1.82, 2.24) is 0 Å². The van der Waals surface area contributed by atoms with Crippen LogP contribution in [0.3, 0.4) is 0 Å². The first-order chi connectivity index (χ1) is 11.1. The van der Waals surface area contributed by atoms with Crippen LogP contribution in [0.1, 0.15) is 56.1 Å². The number of methoxy groups -OCH3 is 1. The summed E-state index contributed by atoms with van der Waals surface area (Å²) < 4.78 is 5.35. The zero-order chi connectivity index (χ0) is 16.2. The van der Waals surface area contributed by atoms with Gasteiger partial charge in [-0.05, 0) is 90.9 Å². The Kier molecular flexibility index (Phi) is 3.60. The van der Waals surface area contributed by atoms with Crippen molar-refractivity contribution in [2.45, 2.75) is 51.4 Å². The SMILES string of the molecule is COc1cc2c(cc1O)CCC1C2CC[C@@]2(C)C1CC[C@@H]2CO. The van der Waals surface area contributed by atoms with E-state index in [1.165, 1.54) is 43.2 Å². The van der Waals surface area contributed by atoms with Crippen LogP contribution in [-0.4, -0.2) is 23.9 Å². The maximum atomic E-state index is 10.1. The molecule has 3 aliphatic rings. The highest BCUT2D eigenvalue weighted by atomic mass is 16.5. The predicted octanol–water partition coefficient (Wildman–Crippen LogP) is 3.87. The molecule has 2 fully saturated rings. The summed E-state index contributed by atoms with van der Waals surface area (Å²) in [6.07, 6.45) is 7.16. The molecule has 0 aliphatic heterocycles. The van der Waals surface area contributed by atoms with Gasteiger partial charge in [-0.1, -0.05) is 6.92 Å². The molecule has 4 rings (SSSR count). The van der Waals surface area contributed by atoms with E-state index in [4.69, 9.17) is 4.74 Å². The summed E-state index contributed by atoms with van der Waals surface area (Å²) in [5.74, 6) is 3.44. The molecule has 0 saturated heterocycles. The second-order valence-corrected chi connectivity index (χ2v) is 8.14. The summed E-state index contributed by atoms with van der Waals surface area (Å²) in [5, 5.41) is 19.8. The van der Waals surface area contributed by atoms with Gasteiger partial charge in [0.05, 0.1) is 7.11 Å². The van der Waals surface area contributed by atoms with Crippen LogP contribution in [0.25, 0.3) is 0 Å². The molecule has 2 N–H and O–H groups in total. The number of hydrogen-bond acceptors (Lipinski definition) is 3. The number of aromatic hydroxyl groups is 1. The number of rotatable bonds is 2. The fraction of sp³-hybridized carbons (Fsp3) is 0.700. The molecule has 0 radical (unpaired) electrons. The van der Waals surface area contributed by atoms with E-state index in [1.54, 1.807) is 7.11 Å². The molecule has 0 bridgehead atoms. The van der Waals surface area contributed by atoms with Gasteiger partial charge in [-0.15, -0.1) is 0 Å². The average Bonchev–Trinajstić information content (AvgIpc) is 2.90. The molecule has 5 atom stereocenters. The molecular weight excluding hydrogens is 288 g/mol. The highest BCUT2D eigenvalue weighted by molar-refractivity contribution is 5.49. The molecule has 23 heavy (non-hydrogen) atoms. The number of hydrogen-bond donors (Lipinski definition) is 2. The van der Waals surface area contributed by atoms with Crippen LogP contribution in [0.4, 0.5) is 0 Å². The molecule has 1 aromatic carbocycles. The van der Waals surface area contributed by atoms with Crippen molar-refractivity contribution >= 4 is 0 Å². The standard InChI is InChI=1S/C20H28O3/c1-20-8-7-14-15(17(20)6-4-13(20)11-21)5-3-12-9-18(22)19(23-2)10-16(12)14/h9-10,13-15,17,21-22H,3-8,11H2,1-2H3/t13-,14?,15?,17?,20-/m1/s1. The van der Waals surface area contributed by atoms with Crippen LogP contribution in [0.5, 0.6) is 11.5 Å². The van der Waals surface area contributed by atoms with E-state index in [1.807, 2.05) is 6.07 Å². The molecule has 0 heterocycles. The van der Waals surface area contributed by atoms with Gasteiger partial charge < -0.3 is 14.9 Å². The lowest BCUT2D eigenvalue weighted by atomic mass is 9.54. The summed E-state index contributed by atoms with van der Waals surface area (Å²) in [6, 6.07) is 4.01. The third-order valence-corrected chi connectivity index (χ3v) is 7.44. The molecule has 0 amide bonds. The molecule has 1 aromatic rings. The highest BCUT2D eigenvalue weighted by Crippen LogP contribution is 2.63. The predicted molar refractivity (Wildman–Crippen MR) is 89.9 cm³/mol. The summed E-state index contributed by atoms with van der Waals surface area (Å²) in [7, 11) is 1.63. The molecule has 0 spiro atoms. The van der Waals surface area contributed by atoms with Gasteiger partial charge in [0.15, 0.2) is 11.5 Å². The molecule has 3 aliphatic carbocycles. The van der Waals surface area contributed by atoms with Crippen LogP contribution in [-0.2, 0) is 6.42 Å². The largest absolute Gasteiger partial charge is 0.504 e. The number of fused-ring (bicyclic) bond motifs is 5. The number of benzene rings is 1. The second-order valence-electron chi connectivity index (χ2n) is 8.14. The third kappa shape index (κ3) is 2.12. The van der Waals surface area contributed by atoms with E-state index >= 15 is 0 Å². The Morgan fingerprint density at radius 3 is 2.78 bits per heavy atom. The average molecular weight is 316 g/mol. The van der Waals surface area contributed by atoms with Gasteiger partial charge >= 0.3 is 0 Å². The Bertz CT molecular complexity index is 611. The van der Waals surface area contributed by atoms with E-state index in [0.29, 0.717) is 29.6 Å². The monoisotopic (exact) mass is 316 g/mol. The van der Waals surface area contributed by atoms with E-state index in [-0.39, 0.29) is 5.75 Å². The van der Waals surface area contributed by atoms with Gasteiger partial charge in [-0.3, -0.25) is 0 Å². The van der Waals surface area contributed by atoms with Crippen molar-refractivity contribution in [2.24, 2.45) is 23.2 Å². The Morgan fingerprint density at radius 2 is 2.04 bits per heavy atom. The number of aliphatic hydroxyl groups is 1. The van der Waals surface area contributed by atoms with Crippen LogP contribution < -0.4 is 4.74 Å². The van der Waals surface area contributed by atoms with Crippen molar-refractivity contribution < 1.29 is 14.9 Å². The molecule has 0 aromatic heterocycles. The minimum atomic E-state index is 0.270. The molecular formula is C20H28O3. The van der Waals surface area contributed by atoms with Crippen molar-refractivity contribution in [3.8, 4) is 11.5 Å². The Labute approximate surface area is 138 Å². The first-order valence-corrected chi connectivity index (χ1v) is 9.09. The first kappa shape index (κ1) is 15.3. The van der Waals surface area contributed by atoms with Crippen LogP contribution in [0, 0.1) is 23.2 Å². The zero-order valence-corrected chi connectivity index (χ0v) is 14.2. The molecule has 3 unspecified atom stereocenters. The summed E-state index contributed by atoms with van der Waals surface area (Å²) in [6.45, 7) is 2.78. The van der Waals surface area contributed by atoms with E-state index in [0.717, 1.165) is 18.3 Å². The number of phenolic OH excluding ortho intramolecular Hbond substituents is 1. The van der Waals surface area contributed by atoms with E-state index in [2.05, 4.69) is 13.0 Å². The van der Waals surface area contributed by atoms with E-state index < -0.39 is 0 Å². The molecule has 3 heteroatoms. The number of ether oxygens (including phenoxy) is 1. The number of aryl methyl sites for hydroxylation is 1. The van der Waals surface area contributed by atoms with E-state index in [9.17, 15) is 10.2 Å². The van der Waals surface area contributed by atoms with Gasteiger partial charge in [-0.2, -0.15) is 0 Å². The maximum Gasteiger partial charge on any atom is 0.160 e. The van der Waals surface area contributed by atoms with Crippen molar-refractivity contribution in [2.75, 3.05) is 13.7 Å². The minimum absolute atomic E-state index is 0.270. The Balaban J connectivity index is 1.70. The number of aliphatic hydroxyl groups excluding tert-OH is 1. The van der Waals surface area contributed by atoms with Crippen molar-refractivity contribution in [3.63, 3.8) is 0 Å². The second kappa shape index (κ2) is 5.41. The quantitative estimate of drug-likeness (QED) is 0.871. The topological polar surface area (TPSA) is 49.7 Å². The maximum absolute atomic E-state index is 10.1. The smallest absolute Gasteiger partial charge is 0.160 e.